The lowest BCUT2D eigenvalue weighted by Gasteiger charge is -2.07. The Morgan fingerprint density at radius 1 is 1.62 bits per heavy atom. The molecule has 0 fully saturated rings. The van der Waals surface area contributed by atoms with Crippen molar-refractivity contribution in [2.75, 3.05) is 19.7 Å². The standard InChI is InChI=1S/C7H14N2O3S/c1-6(2)5-12-13(10,11)7-8-3-4-9-7/h6H,3-5H2,1-2H3,(H,8,9). The van der Waals surface area contributed by atoms with Crippen LogP contribution in [0.4, 0.5) is 0 Å². The molecule has 76 valence electrons. The maximum absolute atomic E-state index is 11.3. The van der Waals surface area contributed by atoms with E-state index in [1.807, 2.05) is 13.8 Å². The van der Waals surface area contributed by atoms with Crippen LogP contribution < -0.4 is 5.32 Å². The Morgan fingerprint density at radius 2 is 2.31 bits per heavy atom. The third-order valence-electron chi connectivity index (χ3n) is 1.44. The number of rotatable bonds is 3. The van der Waals surface area contributed by atoms with E-state index in [2.05, 4.69) is 10.3 Å². The molecule has 5 nitrogen and oxygen atoms in total. The molecule has 0 atom stereocenters. The predicted molar refractivity (Wildman–Crippen MR) is 50.0 cm³/mol. The van der Waals surface area contributed by atoms with Crippen LogP contribution in [0.3, 0.4) is 0 Å². The Kier molecular flexibility index (Phi) is 3.27. The molecule has 1 rings (SSSR count). The number of nitrogens with zero attached hydrogens (tertiary/aromatic N) is 1. The smallest absolute Gasteiger partial charge is 0.330 e. The zero-order chi connectivity index (χ0) is 9.90. The molecule has 0 spiro atoms. The van der Waals surface area contributed by atoms with Crippen LogP contribution in [0.2, 0.25) is 0 Å². The van der Waals surface area contributed by atoms with E-state index in [-0.39, 0.29) is 17.7 Å². The monoisotopic (exact) mass is 206 g/mol. The average molecular weight is 206 g/mol. The minimum Gasteiger partial charge on any atom is -0.357 e. The van der Waals surface area contributed by atoms with E-state index in [0.29, 0.717) is 13.1 Å². The molecule has 0 saturated heterocycles. The lowest BCUT2D eigenvalue weighted by Crippen LogP contribution is -2.29. The van der Waals surface area contributed by atoms with Crippen molar-refractivity contribution in [1.29, 1.82) is 0 Å². The fourth-order valence-corrected chi connectivity index (χ4v) is 1.92. The Morgan fingerprint density at radius 3 is 2.77 bits per heavy atom. The molecule has 1 N–H and O–H groups in total. The number of amidine groups is 1. The van der Waals surface area contributed by atoms with Crippen LogP contribution in [0.5, 0.6) is 0 Å². The number of hydrogen-bond acceptors (Lipinski definition) is 5. The maximum Gasteiger partial charge on any atom is 0.330 e. The van der Waals surface area contributed by atoms with Gasteiger partial charge in [0.05, 0.1) is 13.2 Å². The highest BCUT2D eigenvalue weighted by Gasteiger charge is 2.23. The van der Waals surface area contributed by atoms with Crippen molar-refractivity contribution >= 4 is 15.3 Å². The van der Waals surface area contributed by atoms with E-state index in [1.165, 1.54) is 0 Å². The van der Waals surface area contributed by atoms with Gasteiger partial charge in [-0.1, -0.05) is 13.8 Å². The molecule has 1 heterocycles. The third kappa shape index (κ3) is 2.96. The highest BCUT2D eigenvalue weighted by Crippen LogP contribution is 2.02. The summed E-state index contributed by atoms with van der Waals surface area (Å²) in [6, 6.07) is 0. The molecular weight excluding hydrogens is 192 g/mol. The van der Waals surface area contributed by atoms with E-state index >= 15 is 0 Å². The highest BCUT2D eigenvalue weighted by molar-refractivity contribution is 8.02. The third-order valence-corrected chi connectivity index (χ3v) is 2.63. The van der Waals surface area contributed by atoms with Gasteiger partial charge in [-0.3, -0.25) is 9.18 Å². The van der Waals surface area contributed by atoms with Gasteiger partial charge in [0, 0.05) is 6.54 Å². The first-order valence-electron chi connectivity index (χ1n) is 4.20. The van der Waals surface area contributed by atoms with Crippen molar-refractivity contribution < 1.29 is 12.6 Å². The molecular formula is C7H14N2O3S. The van der Waals surface area contributed by atoms with Gasteiger partial charge in [-0.15, -0.1) is 0 Å². The van der Waals surface area contributed by atoms with Crippen LogP contribution in [0.25, 0.3) is 0 Å². The molecule has 0 aromatic rings. The first-order valence-corrected chi connectivity index (χ1v) is 5.61. The lowest BCUT2D eigenvalue weighted by atomic mass is 10.2. The average Bonchev–Trinajstić information content (AvgIpc) is 2.53. The van der Waals surface area contributed by atoms with Gasteiger partial charge in [-0.25, -0.2) is 0 Å². The first kappa shape index (κ1) is 10.5. The Bertz CT molecular complexity index is 295. The van der Waals surface area contributed by atoms with E-state index < -0.39 is 10.1 Å². The summed E-state index contributed by atoms with van der Waals surface area (Å²) in [6.07, 6.45) is 0. The molecule has 0 saturated carbocycles. The van der Waals surface area contributed by atoms with E-state index in [4.69, 9.17) is 4.18 Å². The molecule has 1 aliphatic rings. The molecule has 0 amide bonds. The molecule has 0 aliphatic carbocycles. The fourth-order valence-electron chi connectivity index (χ4n) is 0.825. The minimum atomic E-state index is -3.62. The molecule has 0 aromatic heterocycles. The first-order chi connectivity index (χ1) is 6.02. The highest BCUT2D eigenvalue weighted by atomic mass is 32.2. The molecule has 0 aromatic carbocycles. The van der Waals surface area contributed by atoms with Gasteiger partial charge in [-0.2, -0.15) is 8.42 Å². The molecule has 6 heteroatoms. The van der Waals surface area contributed by atoms with Crippen molar-refractivity contribution in [3.05, 3.63) is 0 Å². The second-order valence-corrected chi connectivity index (χ2v) is 4.78. The van der Waals surface area contributed by atoms with Crippen LogP contribution >= 0.6 is 0 Å². The minimum absolute atomic E-state index is 0.0341. The van der Waals surface area contributed by atoms with Crippen LogP contribution in [-0.4, -0.2) is 33.3 Å². The number of hydrogen-bond donors (Lipinski definition) is 1. The van der Waals surface area contributed by atoms with E-state index in [9.17, 15) is 8.42 Å². The van der Waals surface area contributed by atoms with Crippen LogP contribution in [0.1, 0.15) is 13.8 Å². The second kappa shape index (κ2) is 4.06. The maximum atomic E-state index is 11.3. The molecule has 13 heavy (non-hydrogen) atoms. The summed E-state index contributed by atoms with van der Waals surface area (Å²) in [6.45, 7) is 5.04. The van der Waals surface area contributed by atoms with Gasteiger partial charge in [0.15, 0.2) is 0 Å². The summed E-state index contributed by atoms with van der Waals surface area (Å²) in [5.74, 6) is 0.191. The SMILES string of the molecule is CC(C)COS(=O)(=O)C1=NCCN1. The largest absolute Gasteiger partial charge is 0.357 e. The van der Waals surface area contributed by atoms with E-state index in [0.717, 1.165) is 0 Å². The fraction of sp³-hybridized carbons (Fsp3) is 0.857. The van der Waals surface area contributed by atoms with Gasteiger partial charge in [0.1, 0.15) is 0 Å². The summed E-state index contributed by atoms with van der Waals surface area (Å²) in [5.41, 5.74) is 0. The van der Waals surface area contributed by atoms with Gasteiger partial charge in [-0.05, 0) is 5.92 Å². The Hall–Kier alpha value is -0.620. The van der Waals surface area contributed by atoms with Crippen molar-refractivity contribution in [2.45, 2.75) is 13.8 Å². The Labute approximate surface area is 78.3 Å². The van der Waals surface area contributed by atoms with Crippen molar-refractivity contribution in [3.8, 4) is 0 Å². The van der Waals surface area contributed by atoms with Crippen LogP contribution in [-0.2, 0) is 14.3 Å². The molecule has 0 bridgehead atoms. The van der Waals surface area contributed by atoms with E-state index in [1.54, 1.807) is 0 Å². The van der Waals surface area contributed by atoms with Crippen LogP contribution in [0, 0.1) is 5.92 Å². The number of aliphatic imine (C=N–C) groups is 1. The van der Waals surface area contributed by atoms with Crippen LogP contribution in [0.15, 0.2) is 4.99 Å². The predicted octanol–water partition coefficient (Wildman–Crippen LogP) is -0.0520. The lowest BCUT2D eigenvalue weighted by molar-refractivity contribution is 0.281. The summed E-state index contributed by atoms with van der Waals surface area (Å²) in [7, 11) is -3.62. The molecule has 0 unspecified atom stereocenters. The van der Waals surface area contributed by atoms with Gasteiger partial charge in [0.2, 0.25) is 5.17 Å². The normalized spacial score (nSPS) is 17.3. The van der Waals surface area contributed by atoms with Gasteiger partial charge in [0.25, 0.3) is 0 Å². The second-order valence-electron chi connectivity index (χ2n) is 3.25. The topological polar surface area (TPSA) is 67.8 Å². The van der Waals surface area contributed by atoms with Gasteiger partial charge >= 0.3 is 10.1 Å². The molecule has 1 aliphatic heterocycles. The summed E-state index contributed by atoms with van der Waals surface area (Å²) < 4.78 is 27.4. The van der Waals surface area contributed by atoms with Crippen molar-refractivity contribution in [3.63, 3.8) is 0 Å². The van der Waals surface area contributed by atoms with Gasteiger partial charge < -0.3 is 5.32 Å². The summed E-state index contributed by atoms with van der Waals surface area (Å²) >= 11 is 0. The number of nitrogens with one attached hydrogen (secondary N) is 1. The van der Waals surface area contributed by atoms with Crippen molar-refractivity contribution in [1.82, 2.24) is 5.32 Å². The molecule has 0 radical (unpaired) electrons. The quantitative estimate of drug-likeness (QED) is 0.657. The zero-order valence-corrected chi connectivity index (χ0v) is 8.60. The zero-order valence-electron chi connectivity index (χ0n) is 7.78. The van der Waals surface area contributed by atoms with Crippen molar-refractivity contribution in [2.24, 2.45) is 10.9 Å². The Balaban J connectivity index is 2.56. The summed E-state index contributed by atoms with van der Waals surface area (Å²) in [4.78, 5) is 3.78. The summed E-state index contributed by atoms with van der Waals surface area (Å²) in [5, 5.41) is 2.62.